The highest BCUT2D eigenvalue weighted by molar-refractivity contribution is 5.64. The molecule has 0 aliphatic heterocycles. The summed E-state index contributed by atoms with van der Waals surface area (Å²) < 4.78 is 0. The predicted octanol–water partition coefficient (Wildman–Crippen LogP) is 5.41. The molecule has 0 amide bonds. The smallest absolute Gasteiger partial charge is 0.269 e. The maximum atomic E-state index is 10.8. The van der Waals surface area contributed by atoms with Crippen molar-refractivity contribution in [1.82, 2.24) is 9.97 Å². The molecule has 0 spiro atoms. The molecular formula is C23H25N5O2. The van der Waals surface area contributed by atoms with Crippen molar-refractivity contribution in [3.05, 3.63) is 76.3 Å². The summed E-state index contributed by atoms with van der Waals surface area (Å²) in [6.45, 7) is 0.520. The van der Waals surface area contributed by atoms with Gasteiger partial charge in [0, 0.05) is 36.3 Å². The summed E-state index contributed by atoms with van der Waals surface area (Å²) in [6.07, 6.45) is 6.06. The Morgan fingerprint density at radius 2 is 1.70 bits per heavy atom. The van der Waals surface area contributed by atoms with E-state index in [1.54, 1.807) is 12.1 Å². The predicted molar refractivity (Wildman–Crippen MR) is 118 cm³/mol. The summed E-state index contributed by atoms with van der Waals surface area (Å²) in [5, 5.41) is 17.7. The first-order valence-electron chi connectivity index (χ1n) is 10.4. The highest BCUT2D eigenvalue weighted by Gasteiger charge is 2.15. The summed E-state index contributed by atoms with van der Waals surface area (Å²) in [6, 6.07) is 18.9. The molecule has 1 aliphatic carbocycles. The van der Waals surface area contributed by atoms with Gasteiger partial charge in [-0.2, -0.15) is 4.98 Å². The van der Waals surface area contributed by atoms with Crippen LogP contribution in [-0.2, 0) is 6.54 Å². The monoisotopic (exact) mass is 403 g/mol. The minimum Gasteiger partial charge on any atom is -0.366 e. The molecule has 0 atom stereocenters. The van der Waals surface area contributed by atoms with Gasteiger partial charge >= 0.3 is 0 Å². The molecule has 0 saturated heterocycles. The van der Waals surface area contributed by atoms with Crippen LogP contribution >= 0.6 is 0 Å². The Morgan fingerprint density at radius 3 is 2.40 bits per heavy atom. The zero-order valence-electron chi connectivity index (χ0n) is 16.8. The summed E-state index contributed by atoms with van der Waals surface area (Å²) in [4.78, 5) is 19.9. The molecule has 1 aromatic heterocycles. The van der Waals surface area contributed by atoms with Crippen LogP contribution in [0.3, 0.4) is 0 Å². The van der Waals surface area contributed by atoms with E-state index >= 15 is 0 Å². The summed E-state index contributed by atoms with van der Waals surface area (Å²) in [5.41, 5.74) is 2.92. The molecule has 154 valence electrons. The third-order valence-corrected chi connectivity index (χ3v) is 5.35. The second kappa shape index (κ2) is 9.35. The zero-order valence-corrected chi connectivity index (χ0v) is 16.8. The first kappa shape index (κ1) is 19.8. The van der Waals surface area contributed by atoms with Crippen molar-refractivity contribution in [3.8, 4) is 11.3 Å². The van der Waals surface area contributed by atoms with Crippen LogP contribution in [0.1, 0.15) is 37.7 Å². The largest absolute Gasteiger partial charge is 0.366 e. The van der Waals surface area contributed by atoms with Gasteiger partial charge in [0.15, 0.2) is 0 Å². The fraction of sp³-hybridized carbons (Fsp3) is 0.304. The van der Waals surface area contributed by atoms with Gasteiger partial charge in [-0.1, -0.05) is 61.7 Å². The minimum atomic E-state index is -0.392. The number of nitrogens with zero attached hydrogens (tertiary/aromatic N) is 3. The van der Waals surface area contributed by atoms with Crippen LogP contribution in [0.5, 0.6) is 0 Å². The lowest BCUT2D eigenvalue weighted by molar-refractivity contribution is -0.384. The van der Waals surface area contributed by atoms with Crippen molar-refractivity contribution in [2.75, 3.05) is 10.6 Å². The Bertz CT molecular complexity index is 986. The van der Waals surface area contributed by atoms with E-state index in [4.69, 9.17) is 4.98 Å². The number of rotatable bonds is 7. The third-order valence-electron chi connectivity index (χ3n) is 5.35. The Morgan fingerprint density at radius 1 is 0.967 bits per heavy atom. The Kier molecular flexibility index (Phi) is 6.17. The summed E-state index contributed by atoms with van der Waals surface area (Å²) in [7, 11) is 0. The quantitative estimate of drug-likeness (QED) is 0.405. The molecule has 1 saturated carbocycles. The Hall–Kier alpha value is -3.48. The van der Waals surface area contributed by atoms with Crippen molar-refractivity contribution in [2.24, 2.45) is 0 Å². The molecule has 1 aliphatic rings. The fourth-order valence-corrected chi connectivity index (χ4v) is 3.72. The van der Waals surface area contributed by atoms with Crippen molar-refractivity contribution in [1.29, 1.82) is 0 Å². The molecule has 7 nitrogen and oxygen atoms in total. The molecule has 1 fully saturated rings. The van der Waals surface area contributed by atoms with Gasteiger partial charge in [-0.05, 0) is 18.4 Å². The van der Waals surface area contributed by atoms with Crippen molar-refractivity contribution >= 4 is 17.5 Å². The number of benzene rings is 2. The molecular weight excluding hydrogens is 378 g/mol. The summed E-state index contributed by atoms with van der Waals surface area (Å²) >= 11 is 0. The molecule has 1 heterocycles. The average Bonchev–Trinajstić information content (AvgIpc) is 2.79. The SMILES string of the molecule is O=[N+]([O-])c1ccc(CNc2cc(-c3ccccc3)nc(NC3CCCCC3)n2)cc1. The number of nitro benzene ring substituents is 1. The van der Waals surface area contributed by atoms with Gasteiger partial charge in [-0.15, -0.1) is 0 Å². The van der Waals surface area contributed by atoms with E-state index in [0.29, 0.717) is 18.5 Å². The second-order valence-corrected chi connectivity index (χ2v) is 7.58. The number of nitro groups is 1. The highest BCUT2D eigenvalue weighted by Crippen LogP contribution is 2.25. The van der Waals surface area contributed by atoms with Crippen LogP contribution in [0.25, 0.3) is 11.3 Å². The van der Waals surface area contributed by atoms with E-state index in [0.717, 1.165) is 35.5 Å². The van der Waals surface area contributed by atoms with Gasteiger partial charge in [0.2, 0.25) is 5.95 Å². The lowest BCUT2D eigenvalue weighted by Gasteiger charge is -2.23. The second-order valence-electron chi connectivity index (χ2n) is 7.58. The number of hydrogen-bond donors (Lipinski definition) is 2. The fourth-order valence-electron chi connectivity index (χ4n) is 3.72. The number of nitrogens with one attached hydrogen (secondary N) is 2. The molecule has 4 rings (SSSR count). The van der Waals surface area contributed by atoms with Gasteiger partial charge in [0.25, 0.3) is 5.69 Å². The molecule has 0 radical (unpaired) electrons. The van der Waals surface area contributed by atoms with Crippen molar-refractivity contribution < 1.29 is 4.92 Å². The summed E-state index contributed by atoms with van der Waals surface area (Å²) in [5.74, 6) is 1.36. The van der Waals surface area contributed by atoms with E-state index in [-0.39, 0.29) is 5.69 Å². The Labute approximate surface area is 175 Å². The molecule has 2 N–H and O–H groups in total. The Balaban J connectivity index is 1.54. The minimum absolute atomic E-state index is 0.0890. The topological polar surface area (TPSA) is 93.0 Å². The van der Waals surface area contributed by atoms with Crippen LogP contribution in [0.4, 0.5) is 17.5 Å². The van der Waals surface area contributed by atoms with Gasteiger partial charge in [0.1, 0.15) is 5.82 Å². The van der Waals surface area contributed by atoms with Gasteiger partial charge in [-0.3, -0.25) is 10.1 Å². The van der Waals surface area contributed by atoms with E-state index < -0.39 is 4.92 Å². The number of non-ortho nitro benzene ring substituents is 1. The van der Waals surface area contributed by atoms with Crippen LogP contribution < -0.4 is 10.6 Å². The van der Waals surface area contributed by atoms with Gasteiger partial charge in [-0.25, -0.2) is 4.98 Å². The van der Waals surface area contributed by atoms with E-state index in [1.165, 1.54) is 31.4 Å². The van der Waals surface area contributed by atoms with Gasteiger partial charge in [0.05, 0.1) is 10.6 Å². The first-order chi connectivity index (χ1) is 14.7. The maximum Gasteiger partial charge on any atom is 0.269 e. The van der Waals surface area contributed by atoms with Crippen molar-refractivity contribution in [2.45, 2.75) is 44.7 Å². The lowest BCUT2D eigenvalue weighted by Crippen LogP contribution is -2.23. The molecule has 3 aromatic rings. The maximum absolute atomic E-state index is 10.8. The molecule has 0 unspecified atom stereocenters. The molecule has 30 heavy (non-hydrogen) atoms. The highest BCUT2D eigenvalue weighted by atomic mass is 16.6. The zero-order chi connectivity index (χ0) is 20.8. The number of hydrogen-bond acceptors (Lipinski definition) is 6. The first-order valence-corrected chi connectivity index (χ1v) is 10.4. The molecule has 0 bridgehead atoms. The molecule has 2 aromatic carbocycles. The average molecular weight is 403 g/mol. The van der Waals surface area contributed by atoms with Crippen LogP contribution in [0.15, 0.2) is 60.7 Å². The van der Waals surface area contributed by atoms with Gasteiger partial charge < -0.3 is 10.6 Å². The van der Waals surface area contributed by atoms with Crippen molar-refractivity contribution in [3.63, 3.8) is 0 Å². The third kappa shape index (κ3) is 5.11. The van der Waals surface area contributed by atoms with Crippen LogP contribution in [0.2, 0.25) is 0 Å². The number of anilines is 2. The van der Waals surface area contributed by atoms with E-state index in [2.05, 4.69) is 15.6 Å². The number of aromatic nitrogens is 2. The molecule has 7 heteroatoms. The standard InChI is InChI=1S/C23H25N5O2/c29-28(30)20-13-11-17(12-14-20)16-24-22-15-21(18-7-3-1-4-8-18)26-23(27-22)25-19-9-5-2-6-10-19/h1,3-4,7-8,11-15,19H,2,5-6,9-10,16H2,(H2,24,25,26,27). The van der Waals surface area contributed by atoms with E-state index in [1.807, 2.05) is 36.4 Å². The normalized spacial score (nSPS) is 14.3. The van der Waals surface area contributed by atoms with E-state index in [9.17, 15) is 10.1 Å². The van der Waals surface area contributed by atoms with Crippen LogP contribution in [0, 0.1) is 10.1 Å². The van der Waals surface area contributed by atoms with Crippen LogP contribution in [-0.4, -0.2) is 20.9 Å². The lowest BCUT2D eigenvalue weighted by atomic mass is 9.96.